The van der Waals surface area contributed by atoms with Gasteiger partial charge in [-0.05, 0) is 11.5 Å². The van der Waals surface area contributed by atoms with Crippen LogP contribution in [0.25, 0.3) is 0 Å². The van der Waals surface area contributed by atoms with Crippen LogP contribution in [0.2, 0.25) is 0 Å². The largest absolute Gasteiger partial charge is 0.391 e. The van der Waals surface area contributed by atoms with Crippen molar-refractivity contribution in [3.63, 3.8) is 0 Å². The van der Waals surface area contributed by atoms with E-state index in [4.69, 9.17) is 4.74 Å². The summed E-state index contributed by atoms with van der Waals surface area (Å²) in [5, 5.41) is 12.2. The lowest BCUT2D eigenvalue weighted by atomic mass is 10.1. The van der Waals surface area contributed by atoms with Crippen molar-refractivity contribution in [2.24, 2.45) is 5.92 Å². The predicted molar refractivity (Wildman–Crippen MR) is 74.6 cm³/mol. The summed E-state index contributed by atoms with van der Waals surface area (Å²) in [7, 11) is 0. The van der Waals surface area contributed by atoms with E-state index in [1.807, 2.05) is 44.2 Å². The molecule has 1 amide bonds. The Kier molecular flexibility index (Phi) is 7.15. The predicted octanol–water partition coefficient (Wildman–Crippen LogP) is 1.73. The lowest BCUT2D eigenvalue weighted by molar-refractivity contribution is -0.122. The van der Waals surface area contributed by atoms with Crippen molar-refractivity contribution in [3.05, 3.63) is 35.9 Å². The highest BCUT2D eigenvalue weighted by atomic mass is 16.5. The van der Waals surface area contributed by atoms with Crippen molar-refractivity contribution in [1.29, 1.82) is 0 Å². The third kappa shape index (κ3) is 6.94. The van der Waals surface area contributed by atoms with E-state index in [9.17, 15) is 9.90 Å². The van der Waals surface area contributed by atoms with E-state index < -0.39 is 6.10 Å². The van der Waals surface area contributed by atoms with Gasteiger partial charge >= 0.3 is 0 Å². The third-order valence-corrected chi connectivity index (χ3v) is 2.86. The SMILES string of the molecule is CC(C)C(O)CNC(=O)CCOCc1ccccc1. The smallest absolute Gasteiger partial charge is 0.222 e. The molecule has 0 heterocycles. The Morgan fingerprint density at radius 3 is 2.63 bits per heavy atom. The van der Waals surface area contributed by atoms with Gasteiger partial charge in [-0.2, -0.15) is 0 Å². The van der Waals surface area contributed by atoms with Gasteiger partial charge in [0.25, 0.3) is 0 Å². The molecule has 0 saturated heterocycles. The lowest BCUT2D eigenvalue weighted by Crippen LogP contribution is -2.35. The van der Waals surface area contributed by atoms with Gasteiger partial charge in [-0.3, -0.25) is 4.79 Å². The van der Waals surface area contributed by atoms with Gasteiger partial charge in [0, 0.05) is 13.0 Å². The number of nitrogens with one attached hydrogen (secondary N) is 1. The Morgan fingerprint density at radius 1 is 1.32 bits per heavy atom. The molecule has 0 saturated carbocycles. The summed E-state index contributed by atoms with van der Waals surface area (Å²) in [5.41, 5.74) is 1.10. The maximum atomic E-state index is 11.5. The van der Waals surface area contributed by atoms with E-state index in [0.717, 1.165) is 5.56 Å². The van der Waals surface area contributed by atoms with Crippen molar-refractivity contribution in [1.82, 2.24) is 5.32 Å². The number of amides is 1. The molecule has 0 aliphatic carbocycles. The monoisotopic (exact) mass is 265 g/mol. The number of hydrogen-bond donors (Lipinski definition) is 2. The maximum Gasteiger partial charge on any atom is 0.222 e. The van der Waals surface area contributed by atoms with Crippen LogP contribution in [0.5, 0.6) is 0 Å². The van der Waals surface area contributed by atoms with Crippen LogP contribution in [0, 0.1) is 5.92 Å². The van der Waals surface area contributed by atoms with Crippen LogP contribution >= 0.6 is 0 Å². The van der Waals surface area contributed by atoms with E-state index in [1.165, 1.54) is 0 Å². The summed E-state index contributed by atoms with van der Waals surface area (Å²) in [6.45, 7) is 5.04. The normalized spacial score (nSPS) is 12.4. The number of aliphatic hydroxyl groups excluding tert-OH is 1. The molecule has 0 spiro atoms. The van der Waals surface area contributed by atoms with Crippen molar-refractivity contribution in [2.45, 2.75) is 33.0 Å². The first kappa shape index (κ1) is 15.7. The van der Waals surface area contributed by atoms with Crippen LogP contribution in [0.4, 0.5) is 0 Å². The third-order valence-electron chi connectivity index (χ3n) is 2.86. The molecule has 0 fully saturated rings. The van der Waals surface area contributed by atoms with Crippen LogP contribution in [0.15, 0.2) is 30.3 Å². The molecular formula is C15H23NO3. The average molecular weight is 265 g/mol. The van der Waals surface area contributed by atoms with Crippen LogP contribution in [-0.4, -0.2) is 30.3 Å². The zero-order valence-corrected chi connectivity index (χ0v) is 11.6. The molecule has 106 valence electrons. The highest BCUT2D eigenvalue weighted by Gasteiger charge is 2.10. The number of rotatable bonds is 8. The topological polar surface area (TPSA) is 58.6 Å². The van der Waals surface area contributed by atoms with Crippen LogP contribution in [0.3, 0.4) is 0 Å². The van der Waals surface area contributed by atoms with E-state index in [-0.39, 0.29) is 11.8 Å². The fraction of sp³-hybridized carbons (Fsp3) is 0.533. The fourth-order valence-corrected chi connectivity index (χ4v) is 1.47. The van der Waals surface area contributed by atoms with Crippen LogP contribution in [-0.2, 0) is 16.1 Å². The average Bonchev–Trinajstić information content (AvgIpc) is 2.42. The van der Waals surface area contributed by atoms with Crippen molar-refractivity contribution >= 4 is 5.91 Å². The molecule has 0 bridgehead atoms. The summed E-state index contributed by atoms with van der Waals surface area (Å²) in [5.74, 6) is 0.0578. The van der Waals surface area contributed by atoms with Gasteiger partial charge in [0.15, 0.2) is 0 Å². The quantitative estimate of drug-likeness (QED) is 0.704. The first-order valence-corrected chi connectivity index (χ1v) is 6.66. The standard InChI is InChI=1S/C15H23NO3/c1-12(2)14(17)10-16-15(18)8-9-19-11-13-6-4-3-5-7-13/h3-7,12,14,17H,8-11H2,1-2H3,(H,16,18). The van der Waals surface area contributed by atoms with Gasteiger partial charge in [0.1, 0.15) is 0 Å². The highest BCUT2D eigenvalue weighted by molar-refractivity contribution is 5.75. The van der Waals surface area contributed by atoms with Crippen molar-refractivity contribution in [3.8, 4) is 0 Å². The van der Waals surface area contributed by atoms with Gasteiger partial charge in [-0.15, -0.1) is 0 Å². The molecule has 1 rings (SSSR count). The maximum absolute atomic E-state index is 11.5. The zero-order valence-electron chi connectivity index (χ0n) is 11.6. The first-order valence-electron chi connectivity index (χ1n) is 6.66. The summed E-state index contributed by atoms with van der Waals surface area (Å²) in [6, 6.07) is 9.84. The van der Waals surface area contributed by atoms with Gasteiger partial charge < -0.3 is 15.2 Å². The minimum absolute atomic E-state index is 0.0900. The van der Waals surface area contributed by atoms with Crippen LogP contribution < -0.4 is 5.32 Å². The van der Waals surface area contributed by atoms with Gasteiger partial charge in [0.05, 0.1) is 19.3 Å². The molecule has 0 radical (unpaired) electrons. The van der Waals surface area contributed by atoms with E-state index in [1.54, 1.807) is 0 Å². The second kappa shape index (κ2) is 8.67. The van der Waals surface area contributed by atoms with Gasteiger partial charge in [-0.25, -0.2) is 0 Å². The Morgan fingerprint density at radius 2 is 2.00 bits per heavy atom. The van der Waals surface area contributed by atoms with E-state index >= 15 is 0 Å². The Hall–Kier alpha value is -1.39. The molecule has 0 aromatic heterocycles. The number of aliphatic hydroxyl groups is 1. The van der Waals surface area contributed by atoms with Gasteiger partial charge in [-0.1, -0.05) is 44.2 Å². The Labute approximate surface area is 114 Å². The molecule has 1 aromatic carbocycles. The van der Waals surface area contributed by atoms with E-state index in [2.05, 4.69) is 5.32 Å². The molecule has 4 heteroatoms. The number of benzene rings is 1. The zero-order chi connectivity index (χ0) is 14.1. The highest BCUT2D eigenvalue weighted by Crippen LogP contribution is 2.01. The number of hydrogen-bond acceptors (Lipinski definition) is 3. The number of carbonyl (C=O) groups excluding carboxylic acids is 1. The molecule has 2 N–H and O–H groups in total. The minimum atomic E-state index is -0.491. The Balaban J connectivity index is 2.08. The summed E-state index contributed by atoms with van der Waals surface area (Å²) < 4.78 is 5.42. The van der Waals surface area contributed by atoms with Gasteiger partial charge in [0.2, 0.25) is 5.91 Å². The first-order chi connectivity index (χ1) is 9.09. The summed E-state index contributed by atoms with van der Waals surface area (Å²) in [6.07, 6.45) is -0.174. The van der Waals surface area contributed by atoms with Crippen molar-refractivity contribution < 1.29 is 14.6 Å². The number of ether oxygens (including phenoxy) is 1. The Bertz CT molecular complexity index is 365. The second-order valence-corrected chi connectivity index (χ2v) is 4.90. The molecule has 1 aromatic rings. The van der Waals surface area contributed by atoms with E-state index in [0.29, 0.717) is 26.2 Å². The molecule has 1 atom stereocenters. The number of carbonyl (C=O) groups is 1. The van der Waals surface area contributed by atoms with Crippen molar-refractivity contribution in [2.75, 3.05) is 13.2 Å². The summed E-state index contributed by atoms with van der Waals surface area (Å²) in [4.78, 5) is 11.5. The molecule has 19 heavy (non-hydrogen) atoms. The fourth-order valence-electron chi connectivity index (χ4n) is 1.47. The van der Waals surface area contributed by atoms with Crippen LogP contribution in [0.1, 0.15) is 25.8 Å². The molecule has 0 aliphatic rings. The lowest BCUT2D eigenvalue weighted by Gasteiger charge is -2.15. The molecule has 0 aliphatic heterocycles. The molecule has 4 nitrogen and oxygen atoms in total. The molecular weight excluding hydrogens is 242 g/mol. The second-order valence-electron chi connectivity index (χ2n) is 4.90. The minimum Gasteiger partial charge on any atom is -0.391 e. The summed E-state index contributed by atoms with van der Waals surface area (Å²) >= 11 is 0. The molecule has 1 unspecified atom stereocenters.